The number of benzene rings is 1. The Kier molecular flexibility index (Phi) is 7.47. The molecule has 1 rings (SSSR count). The Labute approximate surface area is 119 Å². The normalized spacial score (nSPS) is 12.7. The van der Waals surface area contributed by atoms with Crippen molar-refractivity contribution in [3.8, 4) is 5.75 Å². The second kappa shape index (κ2) is 8.87. The third-order valence-electron chi connectivity index (χ3n) is 3.01. The fraction of sp³-hybridized carbons (Fsp3) is 0.600. The van der Waals surface area contributed by atoms with Crippen molar-refractivity contribution in [3.63, 3.8) is 0 Å². The van der Waals surface area contributed by atoms with Gasteiger partial charge in [0.15, 0.2) is 0 Å². The first-order valence-corrected chi connectivity index (χ1v) is 6.84. The van der Waals surface area contributed by atoms with Gasteiger partial charge in [0.05, 0.1) is 13.7 Å². The number of ether oxygens (including phenoxy) is 2. The molecule has 1 unspecified atom stereocenters. The average molecular weight is 287 g/mol. The molecule has 0 spiro atoms. The highest BCUT2D eigenvalue weighted by Crippen LogP contribution is 2.24. The van der Waals surface area contributed by atoms with Gasteiger partial charge in [-0.25, -0.2) is 8.78 Å². The summed E-state index contributed by atoms with van der Waals surface area (Å²) >= 11 is 0. The van der Waals surface area contributed by atoms with Gasteiger partial charge in [-0.15, -0.1) is 0 Å². The van der Waals surface area contributed by atoms with Crippen LogP contribution in [-0.4, -0.2) is 26.7 Å². The molecule has 0 aliphatic rings. The SMILES string of the molecule is CCCNC(C)c1ccc(OC)c(COCC(F)F)c1. The molecule has 1 N–H and O–H groups in total. The zero-order chi connectivity index (χ0) is 15.0. The predicted molar refractivity (Wildman–Crippen MR) is 75.4 cm³/mol. The molecule has 0 aliphatic carbocycles. The van der Waals surface area contributed by atoms with Crippen LogP contribution in [0.4, 0.5) is 8.78 Å². The van der Waals surface area contributed by atoms with Gasteiger partial charge in [0.25, 0.3) is 6.43 Å². The zero-order valence-corrected chi connectivity index (χ0v) is 12.3. The summed E-state index contributed by atoms with van der Waals surface area (Å²) in [5.74, 6) is 0.658. The minimum Gasteiger partial charge on any atom is -0.496 e. The Morgan fingerprint density at radius 1 is 1.30 bits per heavy atom. The summed E-state index contributed by atoms with van der Waals surface area (Å²) in [6, 6.07) is 5.97. The summed E-state index contributed by atoms with van der Waals surface area (Å²) in [5.41, 5.74) is 1.88. The lowest BCUT2D eigenvalue weighted by Crippen LogP contribution is -2.19. The lowest BCUT2D eigenvalue weighted by atomic mass is 10.0. The third-order valence-corrected chi connectivity index (χ3v) is 3.01. The number of nitrogens with one attached hydrogen (secondary N) is 1. The summed E-state index contributed by atoms with van der Waals surface area (Å²) in [4.78, 5) is 0. The smallest absolute Gasteiger partial charge is 0.261 e. The van der Waals surface area contributed by atoms with Crippen LogP contribution in [0.3, 0.4) is 0 Å². The van der Waals surface area contributed by atoms with Gasteiger partial charge < -0.3 is 14.8 Å². The van der Waals surface area contributed by atoms with Crippen molar-refractivity contribution in [2.45, 2.75) is 39.3 Å². The van der Waals surface area contributed by atoms with E-state index in [4.69, 9.17) is 9.47 Å². The van der Waals surface area contributed by atoms with Crippen LogP contribution in [0.25, 0.3) is 0 Å². The number of halogens is 2. The maximum absolute atomic E-state index is 12.1. The van der Waals surface area contributed by atoms with Gasteiger partial charge in [0.2, 0.25) is 0 Å². The van der Waals surface area contributed by atoms with E-state index in [-0.39, 0.29) is 12.6 Å². The van der Waals surface area contributed by atoms with Crippen molar-refractivity contribution in [1.29, 1.82) is 0 Å². The van der Waals surface area contributed by atoms with Crippen molar-refractivity contribution >= 4 is 0 Å². The molecule has 3 nitrogen and oxygen atoms in total. The molecule has 1 aromatic rings. The Hall–Kier alpha value is -1.20. The lowest BCUT2D eigenvalue weighted by Gasteiger charge is -2.17. The van der Waals surface area contributed by atoms with E-state index >= 15 is 0 Å². The van der Waals surface area contributed by atoms with Crippen LogP contribution in [0, 0.1) is 0 Å². The van der Waals surface area contributed by atoms with E-state index in [2.05, 4.69) is 19.2 Å². The van der Waals surface area contributed by atoms with Gasteiger partial charge in [0.1, 0.15) is 12.4 Å². The van der Waals surface area contributed by atoms with E-state index in [1.54, 1.807) is 7.11 Å². The van der Waals surface area contributed by atoms with E-state index in [0.29, 0.717) is 5.75 Å². The molecule has 0 saturated heterocycles. The summed E-state index contributed by atoms with van der Waals surface area (Å²) in [6.45, 7) is 4.68. The molecule has 1 aromatic carbocycles. The second-order valence-electron chi connectivity index (χ2n) is 4.65. The lowest BCUT2D eigenvalue weighted by molar-refractivity contribution is 0.00930. The summed E-state index contributed by atoms with van der Waals surface area (Å²) in [5, 5.41) is 3.39. The highest BCUT2D eigenvalue weighted by atomic mass is 19.3. The molecule has 0 saturated carbocycles. The molecule has 0 fully saturated rings. The van der Waals surface area contributed by atoms with E-state index in [1.165, 1.54) is 0 Å². The molecule has 0 amide bonds. The first kappa shape index (κ1) is 16.9. The molecule has 0 bridgehead atoms. The quantitative estimate of drug-likeness (QED) is 0.753. The van der Waals surface area contributed by atoms with Crippen LogP contribution in [0.5, 0.6) is 5.75 Å². The van der Waals surface area contributed by atoms with Crippen molar-refractivity contribution in [3.05, 3.63) is 29.3 Å². The molecule has 1 atom stereocenters. The number of methoxy groups -OCH3 is 1. The van der Waals surface area contributed by atoms with E-state index in [9.17, 15) is 8.78 Å². The van der Waals surface area contributed by atoms with Crippen LogP contribution in [0.1, 0.15) is 37.4 Å². The average Bonchev–Trinajstić information content (AvgIpc) is 2.44. The maximum atomic E-state index is 12.1. The largest absolute Gasteiger partial charge is 0.496 e. The third kappa shape index (κ3) is 5.43. The summed E-state index contributed by atoms with van der Waals surface area (Å²) in [6.07, 6.45) is -1.39. The monoisotopic (exact) mass is 287 g/mol. The number of hydrogen-bond donors (Lipinski definition) is 1. The summed E-state index contributed by atoms with van der Waals surface area (Å²) < 4.78 is 34.4. The molecule has 0 aliphatic heterocycles. The highest BCUT2D eigenvalue weighted by Gasteiger charge is 2.10. The Morgan fingerprint density at radius 3 is 2.65 bits per heavy atom. The molecule has 114 valence electrons. The van der Waals surface area contributed by atoms with Crippen LogP contribution in [-0.2, 0) is 11.3 Å². The molecule has 0 heterocycles. The zero-order valence-electron chi connectivity index (χ0n) is 12.3. The van der Waals surface area contributed by atoms with Gasteiger partial charge >= 0.3 is 0 Å². The Morgan fingerprint density at radius 2 is 2.05 bits per heavy atom. The fourth-order valence-electron chi connectivity index (χ4n) is 1.92. The van der Waals surface area contributed by atoms with Gasteiger partial charge in [-0.3, -0.25) is 0 Å². The van der Waals surface area contributed by atoms with E-state index in [1.807, 2.05) is 18.2 Å². The van der Waals surface area contributed by atoms with Crippen molar-refractivity contribution < 1.29 is 18.3 Å². The fourth-order valence-corrected chi connectivity index (χ4v) is 1.92. The number of hydrogen-bond acceptors (Lipinski definition) is 3. The molecule has 0 aromatic heterocycles. The van der Waals surface area contributed by atoms with Crippen molar-refractivity contribution in [2.75, 3.05) is 20.3 Å². The van der Waals surface area contributed by atoms with Crippen LogP contribution < -0.4 is 10.1 Å². The molecule has 0 radical (unpaired) electrons. The molecule has 5 heteroatoms. The molecular weight excluding hydrogens is 264 g/mol. The molecular formula is C15H23F2NO2. The first-order valence-electron chi connectivity index (χ1n) is 6.84. The second-order valence-corrected chi connectivity index (χ2v) is 4.65. The predicted octanol–water partition coefficient (Wildman–Crippen LogP) is 3.54. The summed E-state index contributed by atoms with van der Waals surface area (Å²) in [7, 11) is 1.56. The number of rotatable bonds is 9. The minimum absolute atomic E-state index is 0.127. The Balaban J connectivity index is 2.74. The maximum Gasteiger partial charge on any atom is 0.261 e. The van der Waals surface area contributed by atoms with Crippen molar-refractivity contribution in [1.82, 2.24) is 5.32 Å². The van der Waals surface area contributed by atoms with Crippen LogP contribution in [0.15, 0.2) is 18.2 Å². The first-order chi connectivity index (χ1) is 9.58. The van der Waals surface area contributed by atoms with Gasteiger partial charge in [0, 0.05) is 11.6 Å². The van der Waals surface area contributed by atoms with Gasteiger partial charge in [-0.1, -0.05) is 13.0 Å². The number of alkyl halides is 2. The van der Waals surface area contributed by atoms with Gasteiger partial charge in [-0.05, 0) is 37.6 Å². The topological polar surface area (TPSA) is 30.5 Å². The molecule has 20 heavy (non-hydrogen) atoms. The standard InChI is InChI=1S/C15H23F2NO2/c1-4-7-18-11(2)12-5-6-14(19-3)13(8-12)9-20-10-15(16)17/h5-6,8,11,15,18H,4,7,9-10H2,1-3H3. The minimum atomic E-state index is -2.45. The van der Waals surface area contributed by atoms with E-state index in [0.717, 1.165) is 24.1 Å². The van der Waals surface area contributed by atoms with Crippen LogP contribution >= 0.6 is 0 Å². The van der Waals surface area contributed by atoms with Crippen LogP contribution in [0.2, 0.25) is 0 Å². The van der Waals surface area contributed by atoms with Crippen molar-refractivity contribution in [2.24, 2.45) is 0 Å². The van der Waals surface area contributed by atoms with E-state index < -0.39 is 13.0 Å². The highest BCUT2D eigenvalue weighted by molar-refractivity contribution is 5.38. The van der Waals surface area contributed by atoms with Gasteiger partial charge in [-0.2, -0.15) is 0 Å². The Bertz CT molecular complexity index is 399.